The van der Waals surface area contributed by atoms with Gasteiger partial charge in [0.1, 0.15) is 33.5 Å². The molecule has 0 aliphatic heterocycles. The second-order valence-electron chi connectivity index (χ2n) is 3.79. The predicted molar refractivity (Wildman–Crippen MR) is 67.8 cm³/mol. The van der Waals surface area contributed by atoms with Crippen LogP contribution in [-0.4, -0.2) is 15.9 Å². The lowest BCUT2D eigenvalue weighted by Gasteiger charge is -2.06. The fourth-order valence-electron chi connectivity index (χ4n) is 1.99. The Kier molecular flexibility index (Phi) is 2.65. The van der Waals surface area contributed by atoms with Crippen molar-refractivity contribution in [3.63, 3.8) is 0 Å². The molecule has 0 aliphatic carbocycles. The minimum Gasteiger partial charge on any atom is -0.495 e. The van der Waals surface area contributed by atoms with Crippen molar-refractivity contribution >= 4 is 33.0 Å². The number of methoxy groups -OCH3 is 1. The first-order valence-corrected chi connectivity index (χ1v) is 6.34. The maximum Gasteiger partial charge on any atom is 0.215 e. The van der Waals surface area contributed by atoms with Crippen LogP contribution in [0.25, 0.3) is 21.9 Å². The number of ether oxygens (including phenoxy) is 1. The van der Waals surface area contributed by atoms with Crippen LogP contribution in [0.15, 0.2) is 43.2 Å². The highest BCUT2D eigenvalue weighted by atomic mass is 32.2. The predicted octanol–water partition coefficient (Wildman–Crippen LogP) is 2.13. The molecule has 0 aliphatic rings. The lowest BCUT2D eigenvalue weighted by molar-refractivity contribution is 0.423. The van der Waals surface area contributed by atoms with E-state index in [0.717, 1.165) is 6.26 Å². The molecule has 0 fully saturated rings. The third kappa shape index (κ3) is 1.66. The van der Waals surface area contributed by atoms with E-state index in [1.54, 1.807) is 12.1 Å². The molecule has 98 valence electrons. The Labute approximate surface area is 108 Å². The Morgan fingerprint density at radius 3 is 2.79 bits per heavy atom. The molecule has 1 N–H and O–H groups in total. The number of hydrogen-bond donors (Lipinski definition) is 1. The molecule has 0 saturated carbocycles. The summed E-state index contributed by atoms with van der Waals surface area (Å²) >= 11 is -2.42. The molecule has 0 radical (unpaired) electrons. The van der Waals surface area contributed by atoms with Crippen molar-refractivity contribution in [1.82, 2.24) is 0 Å². The molecule has 1 unspecified atom stereocenters. The first-order chi connectivity index (χ1) is 9.13. The molecular weight excluding hydrogens is 272 g/mol. The molecule has 1 aromatic carbocycles. The summed E-state index contributed by atoms with van der Waals surface area (Å²) in [7, 11) is 1.41. The topological polar surface area (TPSA) is 89.9 Å². The summed E-state index contributed by atoms with van der Waals surface area (Å²) in [5.74, 6) is 0.266. The number of furan rings is 1. The number of fused-ring (bicyclic) bond motifs is 2. The van der Waals surface area contributed by atoms with Gasteiger partial charge in [-0.1, -0.05) is 0 Å². The zero-order valence-corrected chi connectivity index (χ0v) is 10.5. The van der Waals surface area contributed by atoms with Crippen molar-refractivity contribution in [3.8, 4) is 5.75 Å². The Morgan fingerprint density at radius 2 is 2.11 bits per heavy atom. The summed E-state index contributed by atoms with van der Waals surface area (Å²) in [5, 5.41) is 0.722. The summed E-state index contributed by atoms with van der Waals surface area (Å²) in [4.78, 5) is 11.9. The number of benzene rings is 1. The summed E-state index contributed by atoms with van der Waals surface area (Å²) < 4.78 is 35.8. The van der Waals surface area contributed by atoms with Gasteiger partial charge in [0.15, 0.2) is 11.1 Å². The fraction of sp³-hybridized carbons (Fsp3) is 0.0833. The second-order valence-corrected chi connectivity index (χ2v) is 4.73. The maximum absolute atomic E-state index is 12.2. The van der Waals surface area contributed by atoms with Gasteiger partial charge in [-0.25, -0.2) is 4.21 Å². The largest absolute Gasteiger partial charge is 0.495 e. The zero-order valence-electron chi connectivity index (χ0n) is 9.71. The van der Waals surface area contributed by atoms with Crippen LogP contribution in [0.4, 0.5) is 0 Å². The highest BCUT2D eigenvalue weighted by Crippen LogP contribution is 2.33. The summed E-state index contributed by atoms with van der Waals surface area (Å²) in [6.45, 7) is 0. The van der Waals surface area contributed by atoms with Crippen LogP contribution in [0.5, 0.6) is 5.75 Å². The number of rotatable bonds is 2. The average molecular weight is 280 g/mol. The highest BCUT2D eigenvalue weighted by Gasteiger charge is 2.19. The van der Waals surface area contributed by atoms with Crippen molar-refractivity contribution in [2.45, 2.75) is 4.90 Å². The quantitative estimate of drug-likeness (QED) is 0.723. The summed E-state index contributed by atoms with van der Waals surface area (Å²) in [5.41, 5.74) is 0.144. The van der Waals surface area contributed by atoms with E-state index in [1.807, 2.05) is 0 Å². The van der Waals surface area contributed by atoms with Crippen LogP contribution in [-0.2, 0) is 11.1 Å². The van der Waals surface area contributed by atoms with Crippen molar-refractivity contribution in [2.75, 3.05) is 7.11 Å². The third-order valence-corrected chi connectivity index (χ3v) is 3.47. The average Bonchev–Trinajstić information content (AvgIpc) is 2.84. The molecule has 3 aromatic rings. The van der Waals surface area contributed by atoms with Crippen LogP contribution in [0.3, 0.4) is 0 Å². The lowest BCUT2D eigenvalue weighted by Crippen LogP contribution is -2.10. The van der Waals surface area contributed by atoms with Crippen molar-refractivity contribution in [3.05, 3.63) is 34.9 Å². The fourth-order valence-corrected chi connectivity index (χ4v) is 2.38. The molecule has 2 heterocycles. The summed E-state index contributed by atoms with van der Waals surface area (Å²) in [6, 6.07) is 3.19. The van der Waals surface area contributed by atoms with Crippen LogP contribution < -0.4 is 10.2 Å². The Balaban J connectivity index is 2.57. The lowest BCUT2D eigenvalue weighted by atomic mass is 10.1. The van der Waals surface area contributed by atoms with Gasteiger partial charge in [0.2, 0.25) is 5.43 Å². The third-order valence-electron chi connectivity index (χ3n) is 2.81. The molecule has 7 heteroatoms. The van der Waals surface area contributed by atoms with E-state index in [4.69, 9.17) is 18.1 Å². The van der Waals surface area contributed by atoms with E-state index < -0.39 is 16.5 Å². The molecule has 2 aromatic heterocycles. The molecule has 3 rings (SSSR count). The van der Waals surface area contributed by atoms with Gasteiger partial charge in [0.25, 0.3) is 0 Å². The van der Waals surface area contributed by atoms with Gasteiger partial charge >= 0.3 is 0 Å². The van der Waals surface area contributed by atoms with E-state index in [2.05, 4.69) is 0 Å². The molecular formula is C12H8O6S. The minimum absolute atomic E-state index is 0.122. The van der Waals surface area contributed by atoms with Crippen LogP contribution in [0, 0.1) is 0 Å². The van der Waals surface area contributed by atoms with Crippen molar-refractivity contribution in [2.24, 2.45) is 0 Å². The van der Waals surface area contributed by atoms with Gasteiger partial charge in [0.05, 0.1) is 18.8 Å². The Bertz CT molecular complexity index is 860. The first-order valence-electron chi connectivity index (χ1n) is 5.24. The van der Waals surface area contributed by atoms with E-state index in [-0.39, 0.29) is 21.6 Å². The van der Waals surface area contributed by atoms with Crippen molar-refractivity contribution < 1.29 is 22.3 Å². The zero-order chi connectivity index (χ0) is 13.6. The van der Waals surface area contributed by atoms with Crippen LogP contribution >= 0.6 is 0 Å². The maximum atomic E-state index is 12.2. The standard InChI is InChI=1S/C12H8O6S/c1-16-12-6-2-3-17-7(6)4-8-10(12)11(13)9(5-18-8)19(14)15/h2-5H,1H3,(H,14,15). The normalized spacial score (nSPS) is 12.9. The SMILES string of the molecule is COc1c2ccoc2cc2occ(S(=O)O)c(=O)c12. The van der Waals surface area contributed by atoms with Gasteiger partial charge < -0.3 is 18.1 Å². The molecule has 1 atom stereocenters. The van der Waals surface area contributed by atoms with Gasteiger partial charge in [-0.3, -0.25) is 4.79 Å². The highest BCUT2D eigenvalue weighted by molar-refractivity contribution is 7.79. The second kappa shape index (κ2) is 4.22. The van der Waals surface area contributed by atoms with E-state index in [1.165, 1.54) is 13.4 Å². The van der Waals surface area contributed by atoms with Crippen LogP contribution in [0.1, 0.15) is 0 Å². The van der Waals surface area contributed by atoms with Gasteiger partial charge in [-0.15, -0.1) is 0 Å². The minimum atomic E-state index is -2.42. The van der Waals surface area contributed by atoms with Crippen LogP contribution in [0.2, 0.25) is 0 Å². The first kappa shape index (κ1) is 11.9. The van der Waals surface area contributed by atoms with E-state index in [0.29, 0.717) is 11.0 Å². The molecule has 19 heavy (non-hydrogen) atoms. The van der Waals surface area contributed by atoms with Gasteiger partial charge in [0, 0.05) is 6.07 Å². The smallest absolute Gasteiger partial charge is 0.215 e. The van der Waals surface area contributed by atoms with Crippen molar-refractivity contribution in [1.29, 1.82) is 0 Å². The van der Waals surface area contributed by atoms with E-state index >= 15 is 0 Å². The molecule has 0 spiro atoms. The molecule has 0 saturated heterocycles. The van der Waals surface area contributed by atoms with Gasteiger partial charge in [-0.2, -0.15) is 0 Å². The summed E-state index contributed by atoms with van der Waals surface area (Å²) in [6.07, 6.45) is 2.43. The van der Waals surface area contributed by atoms with E-state index in [9.17, 15) is 9.00 Å². The Morgan fingerprint density at radius 1 is 1.32 bits per heavy atom. The molecule has 0 amide bonds. The monoisotopic (exact) mass is 280 g/mol. The Hall–Kier alpha value is -2.12. The molecule has 0 bridgehead atoms. The molecule has 6 nitrogen and oxygen atoms in total. The van der Waals surface area contributed by atoms with Gasteiger partial charge in [-0.05, 0) is 6.07 Å². The number of hydrogen-bond acceptors (Lipinski definition) is 5.